The normalized spacial score (nSPS) is 11.3. The van der Waals surface area contributed by atoms with Crippen LogP contribution in [0.3, 0.4) is 0 Å². The van der Waals surface area contributed by atoms with E-state index in [4.69, 9.17) is 16.3 Å². The van der Waals surface area contributed by atoms with Crippen molar-refractivity contribution in [3.05, 3.63) is 33.3 Å². The molecule has 1 N–H and O–H groups in total. The highest BCUT2D eigenvalue weighted by atomic mass is 79.9. The number of hydrogen-bond acceptors (Lipinski definition) is 3. The Bertz CT molecular complexity index is 489. The van der Waals surface area contributed by atoms with Gasteiger partial charge in [-0.2, -0.15) is 0 Å². The van der Waals surface area contributed by atoms with Crippen molar-refractivity contribution >= 4 is 33.6 Å². The van der Waals surface area contributed by atoms with Crippen LogP contribution in [-0.4, -0.2) is 36.7 Å². The molecule has 0 unspecified atom stereocenters. The van der Waals surface area contributed by atoms with Crippen LogP contribution in [0.1, 0.15) is 26.3 Å². The largest absolute Gasteiger partial charge is 0.444 e. The maximum atomic E-state index is 11.8. The van der Waals surface area contributed by atoms with Gasteiger partial charge in [-0.1, -0.05) is 27.5 Å². The third-order valence-electron chi connectivity index (χ3n) is 2.65. The van der Waals surface area contributed by atoms with Crippen molar-refractivity contribution in [2.45, 2.75) is 32.9 Å². The summed E-state index contributed by atoms with van der Waals surface area (Å²) in [4.78, 5) is 13.3. The average molecular weight is 378 g/mol. The van der Waals surface area contributed by atoms with Crippen molar-refractivity contribution in [3.8, 4) is 0 Å². The van der Waals surface area contributed by atoms with Gasteiger partial charge >= 0.3 is 6.09 Å². The quantitative estimate of drug-likeness (QED) is 0.787. The van der Waals surface area contributed by atoms with Gasteiger partial charge in [0.1, 0.15) is 5.60 Å². The van der Waals surface area contributed by atoms with Gasteiger partial charge in [0.25, 0.3) is 0 Å². The van der Waals surface area contributed by atoms with Gasteiger partial charge in [0.2, 0.25) is 0 Å². The number of hydrogen-bond donors (Lipinski definition) is 1. The number of carbonyl (C=O) groups excluding carboxylic acids is 1. The molecular formula is C15H22BrClN2O2. The van der Waals surface area contributed by atoms with E-state index in [1.165, 1.54) is 0 Å². The summed E-state index contributed by atoms with van der Waals surface area (Å²) in [5.41, 5.74) is 0.618. The fourth-order valence-corrected chi connectivity index (χ4v) is 2.16. The molecule has 118 valence electrons. The minimum Gasteiger partial charge on any atom is -0.444 e. The van der Waals surface area contributed by atoms with E-state index in [2.05, 4.69) is 21.2 Å². The molecule has 4 nitrogen and oxygen atoms in total. The molecule has 0 saturated heterocycles. The maximum absolute atomic E-state index is 11.8. The van der Waals surface area contributed by atoms with Crippen LogP contribution in [0, 0.1) is 0 Å². The molecule has 1 aromatic rings. The second-order valence-corrected chi connectivity index (χ2v) is 7.11. The molecule has 1 rings (SSSR count). The fraction of sp³-hybridized carbons (Fsp3) is 0.533. The molecule has 0 spiro atoms. The van der Waals surface area contributed by atoms with Crippen LogP contribution in [0.25, 0.3) is 0 Å². The van der Waals surface area contributed by atoms with Crippen molar-refractivity contribution in [3.63, 3.8) is 0 Å². The zero-order chi connectivity index (χ0) is 16.0. The average Bonchev–Trinajstić information content (AvgIpc) is 2.36. The summed E-state index contributed by atoms with van der Waals surface area (Å²) in [6.07, 6.45) is -0.312. The summed E-state index contributed by atoms with van der Waals surface area (Å²) in [6.45, 7) is 7.50. The lowest BCUT2D eigenvalue weighted by Crippen LogP contribution is -2.37. The van der Waals surface area contributed by atoms with Gasteiger partial charge in [0.15, 0.2) is 0 Å². The van der Waals surface area contributed by atoms with E-state index in [1.807, 2.05) is 39.0 Å². The van der Waals surface area contributed by atoms with Gasteiger partial charge in [-0.05, 0) is 44.5 Å². The molecule has 0 aliphatic heterocycles. The first kappa shape index (κ1) is 18.3. The van der Waals surface area contributed by atoms with Crippen LogP contribution in [0.15, 0.2) is 22.7 Å². The predicted octanol–water partition coefficient (Wildman–Crippen LogP) is 4.06. The smallest absolute Gasteiger partial charge is 0.410 e. The number of benzene rings is 1. The molecule has 21 heavy (non-hydrogen) atoms. The second kappa shape index (κ2) is 8.01. The SMILES string of the molecule is CN(CCNCc1cc(Cl)ccc1Br)C(=O)OC(C)(C)C. The molecule has 1 aromatic carbocycles. The lowest BCUT2D eigenvalue weighted by atomic mass is 10.2. The molecule has 6 heteroatoms. The Morgan fingerprint density at radius 3 is 2.71 bits per heavy atom. The predicted molar refractivity (Wildman–Crippen MR) is 89.7 cm³/mol. The Kier molecular flexibility index (Phi) is 6.97. The van der Waals surface area contributed by atoms with Crippen LogP contribution in [0.5, 0.6) is 0 Å². The Balaban J connectivity index is 2.34. The van der Waals surface area contributed by atoms with Crippen LogP contribution in [0.4, 0.5) is 4.79 Å². The third-order valence-corrected chi connectivity index (χ3v) is 3.66. The van der Waals surface area contributed by atoms with Gasteiger partial charge in [-0.15, -0.1) is 0 Å². The third kappa shape index (κ3) is 7.16. The minimum atomic E-state index is -0.468. The second-order valence-electron chi connectivity index (χ2n) is 5.81. The molecule has 0 fully saturated rings. The van der Waals surface area contributed by atoms with Crippen molar-refractivity contribution in [1.82, 2.24) is 10.2 Å². The topological polar surface area (TPSA) is 41.6 Å². The van der Waals surface area contributed by atoms with Crippen molar-refractivity contribution in [2.24, 2.45) is 0 Å². The summed E-state index contributed by atoms with van der Waals surface area (Å²) < 4.78 is 6.30. The molecule has 0 atom stereocenters. The highest BCUT2D eigenvalue weighted by Crippen LogP contribution is 2.20. The van der Waals surface area contributed by atoms with E-state index in [0.717, 1.165) is 10.0 Å². The molecule has 0 aromatic heterocycles. The van der Waals surface area contributed by atoms with E-state index in [-0.39, 0.29) is 6.09 Å². The lowest BCUT2D eigenvalue weighted by Gasteiger charge is -2.24. The highest BCUT2D eigenvalue weighted by Gasteiger charge is 2.19. The molecule has 0 aliphatic rings. The fourth-order valence-electron chi connectivity index (χ4n) is 1.58. The Labute approximate surface area is 139 Å². The molecule has 0 heterocycles. The van der Waals surface area contributed by atoms with E-state index < -0.39 is 5.60 Å². The number of rotatable bonds is 5. The number of nitrogens with one attached hydrogen (secondary N) is 1. The molecule has 1 amide bonds. The van der Waals surface area contributed by atoms with Gasteiger partial charge < -0.3 is 15.0 Å². The Morgan fingerprint density at radius 2 is 2.10 bits per heavy atom. The Morgan fingerprint density at radius 1 is 1.43 bits per heavy atom. The number of halogens is 2. The molecule has 0 bridgehead atoms. The zero-order valence-electron chi connectivity index (χ0n) is 12.9. The highest BCUT2D eigenvalue weighted by molar-refractivity contribution is 9.10. The first-order valence-electron chi connectivity index (χ1n) is 6.78. The number of carbonyl (C=O) groups is 1. The molecular weight excluding hydrogens is 356 g/mol. The van der Waals surface area contributed by atoms with E-state index >= 15 is 0 Å². The van der Waals surface area contributed by atoms with E-state index in [9.17, 15) is 4.79 Å². The summed E-state index contributed by atoms with van der Waals surface area (Å²) in [5, 5.41) is 3.99. The van der Waals surface area contributed by atoms with E-state index in [0.29, 0.717) is 24.7 Å². The van der Waals surface area contributed by atoms with Crippen LogP contribution in [0.2, 0.25) is 5.02 Å². The van der Waals surface area contributed by atoms with E-state index in [1.54, 1.807) is 11.9 Å². The number of amides is 1. The van der Waals surface area contributed by atoms with Crippen LogP contribution >= 0.6 is 27.5 Å². The van der Waals surface area contributed by atoms with Crippen molar-refractivity contribution in [2.75, 3.05) is 20.1 Å². The van der Waals surface area contributed by atoms with Gasteiger partial charge in [-0.25, -0.2) is 4.79 Å². The maximum Gasteiger partial charge on any atom is 0.410 e. The molecule has 0 saturated carbocycles. The number of likely N-dealkylation sites (N-methyl/N-ethyl adjacent to an activating group) is 1. The first-order valence-corrected chi connectivity index (χ1v) is 7.95. The Hall–Kier alpha value is -0.780. The summed E-state index contributed by atoms with van der Waals surface area (Å²) >= 11 is 9.45. The summed E-state index contributed by atoms with van der Waals surface area (Å²) in [5.74, 6) is 0. The molecule has 0 radical (unpaired) electrons. The number of nitrogens with zero attached hydrogens (tertiary/aromatic N) is 1. The van der Waals surface area contributed by atoms with Crippen LogP contribution in [-0.2, 0) is 11.3 Å². The van der Waals surface area contributed by atoms with Crippen LogP contribution < -0.4 is 5.32 Å². The minimum absolute atomic E-state index is 0.312. The first-order chi connectivity index (χ1) is 9.69. The monoisotopic (exact) mass is 376 g/mol. The lowest BCUT2D eigenvalue weighted by molar-refractivity contribution is 0.0300. The standard InChI is InChI=1S/C15H22BrClN2O2/c1-15(2,3)21-14(20)19(4)8-7-18-10-11-9-12(17)5-6-13(11)16/h5-6,9,18H,7-8,10H2,1-4H3. The summed E-state index contributed by atoms with van der Waals surface area (Å²) in [7, 11) is 1.73. The summed E-state index contributed by atoms with van der Waals surface area (Å²) in [6, 6.07) is 5.67. The van der Waals surface area contributed by atoms with Crippen molar-refractivity contribution < 1.29 is 9.53 Å². The van der Waals surface area contributed by atoms with Gasteiger partial charge in [-0.3, -0.25) is 0 Å². The van der Waals surface area contributed by atoms with Crippen molar-refractivity contribution in [1.29, 1.82) is 0 Å². The zero-order valence-corrected chi connectivity index (χ0v) is 15.2. The van der Waals surface area contributed by atoms with Gasteiger partial charge in [0, 0.05) is 36.2 Å². The molecule has 0 aliphatic carbocycles. The van der Waals surface area contributed by atoms with Gasteiger partial charge in [0.05, 0.1) is 0 Å². The number of ether oxygens (including phenoxy) is 1.